The van der Waals surface area contributed by atoms with Crippen molar-refractivity contribution in [3.05, 3.63) is 53.6 Å². The number of aliphatic hydroxyl groups is 6. The molecule has 2 aromatic rings. The lowest BCUT2D eigenvalue weighted by Gasteiger charge is -2.46. The molecule has 2 heterocycles. The Morgan fingerprint density at radius 1 is 0.733 bits per heavy atom. The Morgan fingerprint density at radius 2 is 1.38 bits per heavy atom. The van der Waals surface area contributed by atoms with Crippen LogP contribution in [0.2, 0.25) is 0 Å². The fourth-order valence-electron chi connectivity index (χ4n) is 4.81. The second kappa shape index (κ2) is 15.2. The van der Waals surface area contributed by atoms with Gasteiger partial charge in [0.25, 0.3) is 0 Å². The molecule has 0 saturated carbocycles. The number of phenols is 4. The van der Waals surface area contributed by atoms with Crippen LogP contribution in [0.1, 0.15) is 11.1 Å². The number of carbonyl (C=O) groups excluding carboxylic acids is 1. The molecule has 0 spiro atoms. The van der Waals surface area contributed by atoms with Gasteiger partial charge in [-0.2, -0.15) is 0 Å². The number of esters is 1. The Labute approximate surface area is 256 Å². The molecule has 0 radical (unpaired) electrons. The second-order valence-electron chi connectivity index (χ2n) is 10.4. The summed E-state index contributed by atoms with van der Waals surface area (Å²) in [6.45, 7) is -1.65. The van der Waals surface area contributed by atoms with Gasteiger partial charge in [0.2, 0.25) is 0 Å². The van der Waals surface area contributed by atoms with E-state index in [-0.39, 0.29) is 30.3 Å². The topological polar surface area (TPSA) is 266 Å². The normalized spacial score (nSPS) is 32.0. The summed E-state index contributed by atoms with van der Waals surface area (Å²) in [5, 5.41) is 100. The summed E-state index contributed by atoms with van der Waals surface area (Å²) in [7, 11) is 0. The monoisotopic (exact) mass is 640 g/mol. The van der Waals surface area contributed by atoms with Crippen molar-refractivity contribution in [3.8, 4) is 23.0 Å². The third-order valence-electron chi connectivity index (χ3n) is 7.31. The van der Waals surface area contributed by atoms with Gasteiger partial charge in [0.15, 0.2) is 41.7 Å². The summed E-state index contributed by atoms with van der Waals surface area (Å²) in [5.41, 5.74) is 0.870. The van der Waals surface area contributed by atoms with Crippen molar-refractivity contribution >= 4 is 12.0 Å². The molecule has 0 aliphatic carbocycles. The Balaban J connectivity index is 1.53. The van der Waals surface area contributed by atoms with Gasteiger partial charge < -0.3 is 74.7 Å². The molecule has 2 aliphatic heterocycles. The average molecular weight is 641 g/mol. The Hall–Kier alpha value is -3.55. The van der Waals surface area contributed by atoms with E-state index < -0.39 is 86.3 Å². The Bertz CT molecular complexity index is 1320. The molecule has 2 fully saturated rings. The number of ether oxygens (including phenoxy) is 5. The maximum atomic E-state index is 12.8. The van der Waals surface area contributed by atoms with Crippen molar-refractivity contribution in [2.45, 2.75) is 67.8 Å². The Kier molecular flexibility index (Phi) is 11.6. The minimum Gasteiger partial charge on any atom is -0.504 e. The molecular weight excluding hydrogens is 604 g/mol. The quantitative estimate of drug-likeness (QED) is 0.0720. The van der Waals surface area contributed by atoms with E-state index in [1.807, 2.05) is 0 Å². The third kappa shape index (κ3) is 8.19. The standard InChI is InChI=1S/C29H36O16/c30-11-19-22(37)23(38)24(39)29(42-19)45-27-25(40)28(41-8-7-14-2-5-16(33)18(35)10-14)43-20(12-31)26(27)44-21(36)6-3-13-1-4-15(32)17(34)9-13/h1-6,9-10,19-20,22-35,37-40H,7-8,11-12H2/b6-3+/t19-,20-,22-,23+,24-,25-,26-,27-,28-,29+/m1/s1. The van der Waals surface area contributed by atoms with Crippen molar-refractivity contribution in [3.63, 3.8) is 0 Å². The van der Waals surface area contributed by atoms with Crippen molar-refractivity contribution in [1.29, 1.82) is 0 Å². The zero-order valence-electron chi connectivity index (χ0n) is 23.6. The van der Waals surface area contributed by atoms with Crippen LogP contribution in [0.3, 0.4) is 0 Å². The number of phenolic OH excluding ortho intramolecular Hbond substituents is 4. The third-order valence-corrected chi connectivity index (χ3v) is 7.31. The molecule has 4 rings (SSSR count). The average Bonchev–Trinajstić information content (AvgIpc) is 3.02. The van der Waals surface area contributed by atoms with Crippen molar-refractivity contribution in [1.82, 2.24) is 0 Å². The fraction of sp³-hybridized carbons (Fsp3) is 0.483. The lowest BCUT2D eigenvalue weighted by molar-refractivity contribution is -0.360. The van der Waals surface area contributed by atoms with E-state index in [0.29, 0.717) is 11.1 Å². The highest BCUT2D eigenvalue weighted by molar-refractivity contribution is 5.87. The molecule has 10 N–H and O–H groups in total. The highest BCUT2D eigenvalue weighted by Gasteiger charge is 2.52. The van der Waals surface area contributed by atoms with Gasteiger partial charge in [0.05, 0.1) is 19.8 Å². The highest BCUT2D eigenvalue weighted by Crippen LogP contribution is 2.32. The number of rotatable bonds is 11. The Morgan fingerprint density at radius 3 is 2.02 bits per heavy atom. The summed E-state index contributed by atoms with van der Waals surface area (Å²) in [6, 6.07) is 7.88. The summed E-state index contributed by atoms with van der Waals surface area (Å²) in [5.74, 6) is -2.50. The first kappa shape index (κ1) is 34.3. The van der Waals surface area contributed by atoms with Crippen molar-refractivity contribution in [2.24, 2.45) is 0 Å². The van der Waals surface area contributed by atoms with Crippen LogP contribution < -0.4 is 0 Å². The smallest absolute Gasteiger partial charge is 0.331 e. The van der Waals surface area contributed by atoms with E-state index in [9.17, 15) is 55.9 Å². The SMILES string of the molecule is O=C(/C=C/c1ccc(O)c(O)c1)O[C@H]1[C@H](O[C@@H]2O[C@H](CO)[C@@H](O)[C@H](O)[C@H]2O)[C@@H](O)[C@H](OCCc2ccc(O)c(O)c2)O[C@@H]1CO. The molecule has 45 heavy (non-hydrogen) atoms. The lowest BCUT2D eigenvalue weighted by atomic mass is 9.96. The second-order valence-corrected chi connectivity index (χ2v) is 10.4. The van der Waals surface area contributed by atoms with Crippen LogP contribution in [-0.2, 0) is 34.9 Å². The predicted octanol–water partition coefficient (Wildman–Crippen LogP) is -2.04. The molecule has 2 saturated heterocycles. The predicted molar refractivity (Wildman–Crippen MR) is 149 cm³/mol. The number of aliphatic hydroxyl groups excluding tert-OH is 6. The maximum Gasteiger partial charge on any atom is 0.331 e. The molecule has 10 atom stereocenters. The number of carbonyl (C=O) groups is 1. The lowest BCUT2D eigenvalue weighted by Crippen LogP contribution is -2.65. The van der Waals surface area contributed by atoms with Crippen molar-refractivity contribution in [2.75, 3.05) is 19.8 Å². The summed E-state index contributed by atoms with van der Waals surface area (Å²) in [6.07, 6.45) is -14.0. The molecule has 2 aromatic carbocycles. The molecule has 0 amide bonds. The first-order chi connectivity index (χ1) is 21.4. The molecule has 0 aromatic heterocycles. The minimum absolute atomic E-state index is 0.108. The molecule has 16 nitrogen and oxygen atoms in total. The van der Waals surface area contributed by atoms with Crippen LogP contribution in [0.15, 0.2) is 42.5 Å². The molecule has 2 aliphatic rings. The summed E-state index contributed by atoms with van der Waals surface area (Å²) in [4.78, 5) is 12.8. The zero-order valence-corrected chi connectivity index (χ0v) is 23.6. The van der Waals surface area contributed by atoms with Crippen molar-refractivity contribution < 1.29 is 79.5 Å². The first-order valence-corrected chi connectivity index (χ1v) is 13.9. The molecule has 16 heteroatoms. The minimum atomic E-state index is -1.88. The van der Waals surface area contributed by atoms with Crippen LogP contribution in [0.5, 0.6) is 23.0 Å². The fourth-order valence-corrected chi connectivity index (χ4v) is 4.81. The van der Waals surface area contributed by atoms with Crippen LogP contribution in [0.25, 0.3) is 6.08 Å². The van der Waals surface area contributed by atoms with Crippen LogP contribution >= 0.6 is 0 Å². The van der Waals surface area contributed by atoms with E-state index in [4.69, 9.17) is 23.7 Å². The molecule has 0 bridgehead atoms. The maximum absolute atomic E-state index is 12.8. The van der Waals surface area contributed by atoms with E-state index >= 15 is 0 Å². The number of benzene rings is 2. The van der Waals surface area contributed by atoms with Gasteiger partial charge in [-0.05, 0) is 47.9 Å². The molecular formula is C29H36O16. The molecule has 248 valence electrons. The van der Waals surface area contributed by atoms with Gasteiger partial charge in [0.1, 0.15) is 42.7 Å². The van der Waals surface area contributed by atoms with E-state index in [1.165, 1.54) is 42.5 Å². The largest absolute Gasteiger partial charge is 0.504 e. The van der Waals surface area contributed by atoms with Crippen LogP contribution in [0, 0.1) is 0 Å². The molecule has 0 unspecified atom stereocenters. The van der Waals surface area contributed by atoms with Gasteiger partial charge in [-0.25, -0.2) is 4.79 Å². The van der Waals surface area contributed by atoms with Gasteiger partial charge >= 0.3 is 5.97 Å². The number of hydrogen-bond acceptors (Lipinski definition) is 16. The van der Waals surface area contributed by atoms with E-state index in [1.54, 1.807) is 0 Å². The summed E-state index contributed by atoms with van der Waals surface area (Å²) < 4.78 is 28.0. The van der Waals surface area contributed by atoms with Gasteiger partial charge in [0, 0.05) is 6.08 Å². The van der Waals surface area contributed by atoms with Gasteiger partial charge in [-0.1, -0.05) is 12.1 Å². The van der Waals surface area contributed by atoms with Crippen LogP contribution in [-0.4, -0.2) is 138 Å². The number of aromatic hydroxyl groups is 4. The van der Waals surface area contributed by atoms with Crippen LogP contribution in [0.4, 0.5) is 0 Å². The highest BCUT2D eigenvalue weighted by atomic mass is 16.7. The zero-order chi connectivity index (χ0) is 32.8. The number of hydrogen-bond donors (Lipinski definition) is 10. The van der Waals surface area contributed by atoms with E-state index in [0.717, 1.165) is 6.08 Å². The first-order valence-electron chi connectivity index (χ1n) is 13.9. The van der Waals surface area contributed by atoms with E-state index in [2.05, 4.69) is 0 Å². The summed E-state index contributed by atoms with van der Waals surface area (Å²) >= 11 is 0. The van der Waals surface area contributed by atoms with Gasteiger partial charge in [-0.15, -0.1) is 0 Å². The van der Waals surface area contributed by atoms with Gasteiger partial charge in [-0.3, -0.25) is 0 Å².